The summed E-state index contributed by atoms with van der Waals surface area (Å²) in [5.74, 6) is -0.828. The molecule has 3 rings (SSSR count). The van der Waals surface area contributed by atoms with Gasteiger partial charge in [0.25, 0.3) is 0 Å². The van der Waals surface area contributed by atoms with Crippen LogP contribution >= 0.6 is 0 Å². The lowest BCUT2D eigenvalue weighted by Gasteiger charge is -2.13. The second-order valence-corrected chi connectivity index (χ2v) is 7.27. The van der Waals surface area contributed by atoms with Gasteiger partial charge in [-0.2, -0.15) is 44.6 Å². The van der Waals surface area contributed by atoms with Gasteiger partial charge in [-0.25, -0.2) is 0 Å². The largest absolute Gasteiger partial charge is 0.455 e. The fourth-order valence-corrected chi connectivity index (χ4v) is 3.01. The molecule has 0 unspecified atom stereocenters. The Bertz CT molecular complexity index is 1360. The number of nitrogens with zero attached hydrogens (tertiary/aromatic N) is 3. The van der Waals surface area contributed by atoms with Gasteiger partial charge in [-0.3, -0.25) is 25.7 Å². The summed E-state index contributed by atoms with van der Waals surface area (Å²) in [5.41, 5.74) is -7.43. The first-order chi connectivity index (χ1) is 17.4. The van der Waals surface area contributed by atoms with E-state index in [0.29, 0.717) is 18.3 Å². The van der Waals surface area contributed by atoms with E-state index in [1.54, 1.807) is 0 Å². The Morgan fingerprint density at radius 2 is 1.18 bits per heavy atom. The molecule has 0 aliphatic carbocycles. The summed E-state index contributed by atoms with van der Waals surface area (Å²) in [4.78, 5) is 19.7. The van der Waals surface area contributed by atoms with Crippen LogP contribution in [0.3, 0.4) is 0 Å². The lowest BCUT2D eigenvalue weighted by molar-refractivity contribution is -0.392. The summed E-state index contributed by atoms with van der Waals surface area (Å²) >= 11 is 0. The van der Waals surface area contributed by atoms with Gasteiger partial charge in [-0.1, -0.05) is 0 Å². The van der Waals surface area contributed by atoms with Crippen molar-refractivity contribution >= 4 is 23.3 Å². The van der Waals surface area contributed by atoms with Crippen molar-refractivity contribution in [1.82, 2.24) is 0 Å². The smallest absolute Gasteiger partial charge is 0.416 e. The number of nitrogens with one attached hydrogen (secondary N) is 1. The first-order valence-electron chi connectivity index (χ1n) is 9.60. The topological polar surface area (TPSA) is 124 Å². The van der Waals surface area contributed by atoms with Crippen molar-refractivity contribution in [1.29, 1.82) is 0 Å². The second-order valence-electron chi connectivity index (χ2n) is 7.27. The highest BCUT2D eigenvalue weighted by atomic mass is 19.4. The zero-order chi connectivity index (χ0) is 28.6. The van der Waals surface area contributed by atoms with Crippen molar-refractivity contribution in [3.63, 3.8) is 0 Å². The lowest BCUT2D eigenvalue weighted by atomic mass is 10.0. The van der Waals surface area contributed by atoms with Crippen LogP contribution in [0.2, 0.25) is 0 Å². The van der Waals surface area contributed by atoms with Crippen LogP contribution < -0.4 is 5.43 Å². The molecule has 0 radical (unpaired) electrons. The maximum absolute atomic E-state index is 13.1. The third-order valence-corrected chi connectivity index (χ3v) is 4.68. The number of hydrazone groups is 1. The summed E-state index contributed by atoms with van der Waals surface area (Å²) in [7, 11) is 0. The zero-order valence-corrected chi connectivity index (χ0v) is 17.9. The molecule has 0 aliphatic heterocycles. The van der Waals surface area contributed by atoms with Crippen LogP contribution in [0.1, 0.15) is 22.5 Å². The molecule has 2 aromatic carbocycles. The van der Waals surface area contributed by atoms with E-state index >= 15 is 0 Å². The molecule has 0 bridgehead atoms. The molecule has 0 amide bonds. The Balaban J connectivity index is 1.97. The number of nitro benzene ring substituents is 2. The minimum absolute atomic E-state index is 0.0295. The number of nitro groups is 2. The summed E-state index contributed by atoms with van der Waals surface area (Å²) in [5, 5.41) is 25.8. The molecule has 202 valence electrons. The number of halogens is 9. The SMILES string of the molecule is O=[N+]([O-])c1cc(C(F)(F)F)cc([N+](=O)[O-])c1NN=Cc1ccc(-c2cc(C(F)(F)F)cc(C(F)(F)F)c2)o1. The third-order valence-electron chi connectivity index (χ3n) is 4.68. The molecule has 1 N–H and O–H groups in total. The van der Waals surface area contributed by atoms with Crippen LogP contribution in [0.5, 0.6) is 0 Å². The fourth-order valence-electron chi connectivity index (χ4n) is 3.01. The van der Waals surface area contributed by atoms with Gasteiger partial charge >= 0.3 is 29.9 Å². The van der Waals surface area contributed by atoms with Gasteiger partial charge in [-0.05, 0) is 30.3 Å². The summed E-state index contributed by atoms with van der Waals surface area (Å²) in [6.07, 6.45) is -14.7. The van der Waals surface area contributed by atoms with Crippen LogP contribution in [0, 0.1) is 20.2 Å². The molecular formula is C20H9F9N4O5. The Morgan fingerprint density at radius 1 is 0.737 bits per heavy atom. The predicted molar refractivity (Wildman–Crippen MR) is 110 cm³/mol. The Kier molecular flexibility index (Phi) is 7.11. The second kappa shape index (κ2) is 9.67. The molecular weight excluding hydrogens is 547 g/mol. The number of furan rings is 1. The summed E-state index contributed by atoms with van der Waals surface area (Å²) < 4.78 is 122. The van der Waals surface area contributed by atoms with Gasteiger partial charge in [-0.15, -0.1) is 0 Å². The highest BCUT2D eigenvalue weighted by molar-refractivity contribution is 5.80. The van der Waals surface area contributed by atoms with Gasteiger partial charge in [0.15, 0.2) is 0 Å². The van der Waals surface area contributed by atoms with Crippen molar-refractivity contribution in [2.75, 3.05) is 5.43 Å². The monoisotopic (exact) mass is 556 g/mol. The average molecular weight is 556 g/mol. The number of anilines is 1. The minimum Gasteiger partial charge on any atom is -0.455 e. The van der Waals surface area contributed by atoms with Crippen molar-refractivity contribution in [2.24, 2.45) is 5.10 Å². The highest BCUT2D eigenvalue weighted by Gasteiger charge is 2.38. The molecule has 18 heteroatoms. The standard InChI is InChI=1S/C20H9F9N4O5/c21-18(22,23)10-3-9(4-11(5-10)19(24,25)26)16-2-1-13(38-16)8-30-31-17-14(32(34)35)6-12(20(27,28)29)7-15(17)33(36)37/h1-8,31H. The molecule has 0 saturated heterocycles. The molecule has 0 atom stereocenters. The Labute approximate surface area is 203 Å². The van der Waals surface area contributed by atoms with Crippen LogP contribution in [-0.2, 0) is 18.5 Å². The minimum atomic E-state index is -5.16. The van der Waals surface area contributed by atoms with E-state index in [1.165, 1.54) is 0 Å². The van der Waals surface area contributed by atoms with Crippen LogP contribution in [0.15, 0.2) is 52.0 Å². The van der Waals surface area contributed by atoms with Gasteiger partial charge in [0.05, 0.1) is 32.8 Å². The average Bonchev–Trinajstić information content (AvgIpc) is 3.25. The van der Waals surface area contributed by atoms with Crippen molar-refractivity contribution < 1.29 is 53.8 Å². The number of benzene rings is 2. The van der Waals surface area contributed by atoms with E-state index in [1.807, 2.05) is 5.43 Å². The Morgan fingerprint density at radius 3 is 1.61 bits per heavy atom. The van der Waals surface area contributed by atoms with E-state index in [4.69, 9.17) is 4.42 Å². The predicted octanol–water partition coefficient (Wildman–Crippen LogP) is 7.27. The normalized spacial score (nSPS) is 12.7. The number of hydrogen-bond acceptors (Lipinski definition) is 7. The number of alkyl halides is 9. The number of hydrogen-bond donors (Lipinski definition) is 1. The molecule has 9 nitrogen and oxygen atoms in total. The van der Waals surface area contributed by atoms with Crippen LogP contribution in [0.4, 0.5) is 56.6 Å². The molecule has 0 fully saturated rings. The van der Waals surface area contributed by atoms with Gasteiger partial charge in [0.1, 0.15) is 11.5 Å². The first kappa shape index (κ1) is 27.9. The van der Waals surface area contributed by atoms with Gasteiger partial charge in [0, 0.05) is 17.7 Å². The first-order valence-corrected chi connectivity index (χ1v) is 9.60. The molecule has 0 spiro atoms. The fraction of sp³-hybridized carbons (Fsp3) is 0.150. The van der Waals surface area contributed by atoms with E-state index in [-0.39, 0.29) is 24.0 Å². The Hall–Kier alpha value is -4.64. The van der Waals surface area contributed by atoms with Crippen molar-refractivity contribution in [3.8, 4) is 11.3 Å². The van der Waals surface area contributed by atoms with E-state index in [2.05, 4.69) is 5.10 Å². The molecule has 3 aromatic rings. The maximum atomic E-state index is 13.1. The molecule has 1 aromatic heterocycles. The summed E-state index contributed by atoms with van der Waals surface area (Å²) in [6, 6.07) is 2.74. The van der Waals surface area contributed by atoms with E-state index in [9.17, 15) is 59.7 Å². The lowest BCUT2D eigenvalue weighted by Crippen LogP contribution is -2.11. The highest BCUT2D eigenvalue weighted by Crippen LogP contribution is 2.42. The van der Waals surface area contributed by atoms with Crippen LogP contribution in [0.25, 0.3) is 11.3 Å². The third kappa shape index (κ3) is 6.19. The molecule has 0 aliphatic rings. The van der Waals surface area contributed by atoms with E-state index in [0.717, 1.165) is 12.1 Å². The van der Waals surface area contributed by atoms with Gasteiger partial charge in [0.2, 0.25) is 5.69 Å². The molecule has 38 heavy (non-hydrogen) atoms. The van der Waals surface area contributed by atoms with E-state index < -0.39 is 73.5 Å². The summed E-state index contributed by atoms with van der Waals surface area (Å²) in [6.45, 7) is 0. The quantitative estimate of drug-likeness (QED) is 0.147. The number of rotatable bonds is 6. The molecule has 0 saturated carbocycles. The van der Waals surface area contributed by atoms with Crippen molar-refractivity contribution in [2.45, 2.75) is 18.5 Å². The molecule has 1 heterocycles. The van der Waals surface area contributed by atoms with Crippen LogP contribution in [-0.4, -0.2) is 16.1 Å². The zero-order valence-electron chi connectivity index (χ0n) is 17.9. The van der Waals surface area contributed by atoms with Crippen molar-refractivity contribution in [3.05, 3.63) is 85.1 Å². The maximum Gasteiger partial charge on any atom is 0.416 e. The van der Waals surface area contributed by atoms with Gasteiger partial charge < -0.3 is 4.42 Å².